The number of nitrogens with zero attached hydrogens (tertiary/aromatic N) is 1. The summed E-state index contributed by atoms with van der Waals surface area (Å²) in [6.45, 7) is 5.02. The standard InChI is InChI=1S/C12H22FNO5S/c1-12(2,3)18-11(15)14-6-5-9(8-14)10(7-13)19-20(4,16)17/h9-10H,5-8H2,1-4H3/t9-,10?/m0/s1. The molecule has 0 radical (unpaired) electrons. The largest absolute Gasteiger partial charge is 0.444 e. The number of hydrogen-bond acceptors (Lipinski definition) is 5. The molecule has 0 aliphatic carbocycles. The van der Waals surface area contributed by atoms with Crippen molar-refractivity contribution < 1.29 is 26.5 Å². The maximum Gasteiger partial charge on any atom is 0.410 e. The molecule has 118 valence electrons. The summed E-state index contributed by atoms with van der Waals surface area (Å²) < 4.78 is 45.0. The second kappa shape index (κ2) is 6.26. The van der Waals surface area contributed by atoms with Crippen LogP contribution in [-0.2, 0) is 19.0 Å². The average molecular weight is 311 g/mol. The van der Waals surface area contributed by atoms with Crippen molar-refractivity contribution in [2.24, 2.45) is 5.92 Å². The summed E-state index contributed by atoms with van der Waals surface area (Å²) in [7, 11) is -3.71. The molecule has 0 aromatic rings. The van der Waals surface area contributed by atoms with Crippen LogP contribution in [0.25, 0.3) is 0 Å². The number of likely N-dealkylation sites (tertiary alicyclic amines) is 1. The van der Waals surface area contributed by atoms with Crippen molar-refractivity contribution in [3.05, 3.63) is 0 Å². The van der Waals surface area contributed by atoms with Crippen molar-refractivity contribution in [3.8, 4) is 0 Å². The van der Waals surface area contributed by atoms with Crippen LogP contribution < -0.4 is 0 Å². The molecule has 0 saturated carbocycles. The van der Waals surface area contributed by atoms with Crippen LogP contribution in [0.4, 0.5) is 9.18 Å². The van der Waals surface area contributed by atoms with E-state index in [4.69, 9.17) is 8.92 Å². The van der Waals surface area contributed by atoms with Crippen LogP contribution in [0.15, 0.2) is 0 Å². The maximum absolute atomic E-state index is 12.9. The quantitative estimate of drug-likeness (QED) is 0.737. The second-order valence-corrected chi connectivity index (χ2v) is 7.57. The fraction of sp³-hybridized carbons (Fsp3) is 0.917. The predicted octanol–water partition coefficient (Wildman–Crippen LogP) is 1.56. The summed E-state index contributed by atoms with van der Waals surface area (Å²) in [4.78, 5) is 13.3. The van der Waals surface area contributed by atoms with Crippen LogP contribution in [0, 0.1) is 5.92 Å². The van der Waals surface area contributed by atoms with Gasteiger partial charge in [-0.05, 0) is 27.2 Å². The minimum absolute atomic E-state index is 0.235. The van der Waals surface area contributed by atoms with E-state index in [0.717, 1.165) is 6.26 Å². The number of amides is 1. The summed E-state index contributed by atoms with van der Waals surface area (Å²) in [6, 6.07) is 0. The molecule has 1 fully saturated rings. The van der Waals surface area contributed by atoms with E-state index in [-0.39, 0.29) is 12.5 Å². The molecule has 1 heterocycles. The molecule has 1 aliphatic heterocycles. The highest BCUT2D eigenvalue weighted by atomic mass is 32.2. The van der Waals surface area contributed by atoms with Crippen LogP contribution in [0.2, 0.25) is 0 Å². The van der Waals surface area contributed by atoms with E-state index in [1.807, 2.05) is 0 Å². The fourth-order valence-corrected chi connectivity index (χ4v) is 2.70. The van der Waals surface area contributed by atoms with Gasteiger partial charge in [0.25, 0.3) is 10.1 Å². The highest BCUT2D eigenvalue weighted by Crippen LogP contribution is 2.25. The number of hydrogen-bond donors (Lipinski definition) is 0. The minimum atomic E-state index is -3.71. The molecule has 6 nitrogen and oxygen atoms in total. The zero-order valence-electron chi connectivity index (χ0n) is 12.3. The average Bonchev–Trinajstić information content (AvgIpc) is 2.71. The number of rotatable bonds is 4. The van der Waals surface area contributed by atoms with Gasteiger partial charge in [0.05, 0.1) is 6.26 Å². The lowest BCUT2D eigenvalue weighted by Gasteiger charge is -2.25. The zero-order valence-corrected chi connectivity index (χ0v) is 13.1. The van der Waals surface area contributed by atoms with E-state index in [1.165, 1.54) is 4.90 Å². The Morgan fingerprint density at radius 3 is 2.50 bits per heavy atom. The topological polar surface area (TPSA) is 72.9 Å². The molecular formula is C12H22FNO5S. The fourth-order valence-electron chi connectivity index (χ4n) is 2.04. The van der Waals surface area contributed by atoms with Crippen LogP contribution in [-0.4, -0.2) is 57.1 Å². The number of carbonyl (C=O) groups excluding carboxylic acids is 1. The van der Waals surface area contributed by atoms with Gasteiger partial charge in [-0.2, -0.15) is 8.42 Å². The Bertz CT molecular complexity index is 445. The molecule has 20 heavy (non-hydrogen) atoms. The smallest absolute Gasteiger partial charge is 0.410 e. The van der Waals surface area contributed by atoms with Gasteiger partial charge in [0.1, 0.15) is 18.4 Å². The van der Waals surface area contributed by atoms with Gasteiger partial charge >= 0.3 is 6.09 Å². The third-order valence-corrected chi connectivity index (χ3v) is 3.45. The molecular weight excluding hydrogens is 289 g/mol. The molecule has 0 aromatic heterocycles. The molecule has 2 atom stereocenters. The van der Waals surface area contributed by atoms with E-state index in [9.17, 15) is 17.6 Å². The minimum Gasteiger partial charge on any atom is -0.444 e. The van der Waals surface area contributed by atoms with Crippen LogP contribution >= 0.6 is 0 Å². The molecule has 0 spiro atoms. The van der Waals surface area contributed by atoms with Gasteiger partial charge in [0.2, 0.25) is 0 Å². The van der Waals surface area contributed by atoms with Crippen LogP contribution in [0.1, 0.15) is 27.2 Å². The Morgan fingerprint density at radius 1 is 1.45 bits per heavy atom. The van der Waals surface area contributed by atoms with Crippen LogP contribution in [0.3, 0.4) is 0 Å². The Labute approximate surface area is 119 Å². The normalized spacial score (nSPS) is 21.9. The van der Waals surface area contributed by atoms with Gasteiger partial charge in [0, 0.05) is 19.0 Å². The first-order valence-corrected chi connectivity index (χ1v) is 8.25. The first-order chi connectivity index (χ1) is 9.02. The summed E-state index contributed by atoms with van der Waals surface area (Å²) in [5.41, 5.74) is -0.599. The molecule has 0 N–H and O–H groups in total. The molecule has 1 unspecified atom stereocenters. The second-order valence-electron chi connectivity index (χ2n) is 5.97. The lowest BCUT2D eigenvalue weighted by molar-refractivity contribution is 0.0271. The maximum atomic E-state index is 12.9. The Kier molecular flexibility index (Phi) is 5.37. The van der Waals surface area contributed by atoms with Crippen molar-refractivity contribution in [3.63, 3.8) is 0 Å². The van der Waals surface area contributed by atoms with Gasteiger partial charge in [-0.15, -0.1) is 0 Å². The van der Waals surface area contributed by atoms with E-state index >= 15 is 0 Å². The Hall–Kier alpha value is -0.890. The number of halogens is 1. The highest BCUT2D eigenvalue weighted by Gasteiger charge is 2.36. The summed E-state index contributed by atoms with van der Waals surface area (Å²) in [5.74, 6) is -0.345. The van der Waals surface area contributed by atoms with Crippen molar-refractivity contribution in [2.45, 2.75) is 38.9 Å². The van der Waals surface area contributed by atoms with Crippen molar-refractivity contribution in [1.29, 1.82) is 0 Å². The van der Waals surface area contributed by atoms with Crippen molar-refractivity contribution >= 4 is 16.2 Å². The van der Waals surface area contributed by atoms with Gasteiger partial charge in [-0.3, -0.25) is 4.18 Å². The predicted molar refractivity (Wildman–Crippen MR) is 71.6 cm³/mol. The number of ether oxygens (including phenoxy) is 1. The van der Waals surface area contributed by atoms with E-state index in [2.05, 4.69) is 0 Å². The molecule has 0 aromatic carbocycles. The summed E-state index contributed by atoms with van der Waals surface area (Å²) in [6.07, 6.45) is -0.144. The molecule has 1 amide bonds. The Balaban J connectivity index is 2.60. The van der Waals surface area contributed by atoms with Crippen LogP contribution in [0.5, 0.6) is 0 Å². The zero-order chi connectivity index (χ0) is 15.6. The SMILES string of the molecule is CC(C)(C)OC(=O)N1CC[C@H](C(CF)OS(C)(=O)=O)C1. The molecule has 1 saturated heterocycles. The van der Waals surface area contributed by atoms with E-state index < -0.39 is 34.6 Å². The Morgan fingerprint density at radius 2 is 2.05 bits per heavy atom. The first kappa shape index (κ1) is 17.2. The number of carbonyl (C=O) groups is 1. The molecule has 1 rings (SSSR count). The van der Waals surface area contributed by atoms with Gasteiger partial charge < -0.3 is 9.64 Å². The van der Waals surface area contributed by atoms with E-state index in [0.29, 0.717) is 13.0 Å². The summed E-state index contributed by atoms with van der Waals surface area (Å²) >= 11 is 0. The molecule has 8 heteroatoms. The van der Waals surface area contributed by atoms with E-state index in [1.54, 1.807) is 20.8 Å². The lowest BCUT2D eigenvalue weighted by Crippen LogP contribution is -2.37. The van der Waals surface area contributed by atoms with Crippen molar-refractivity contribution in [1.82, 2.24) is 4.90 Å². The highest BCUT2D eigenvalue weighted by molar-refractivity contribution is 7.86. The third-order valence-electron chi connectivity index (χ3n) is 2.85. The molecule has 0 bridgehead atoms. The van der Waals surface area contributed by atoms with Gasteiger partial charge in [-0.25, -0.2) is 9.18 Å². The molecule has 1 aliphatic rings. The van der Waals surface area contributed by atoms with Gasteiger partial charge in [-0.1, -0.05) is 0 Å². The van der Waals surface area contributed by atoms with Crippen molar-refractivity contribution in [2.75, 3.05) is 26.0 Å². The first-order valence-electron chi connectivity index (χ1n) is 6.44. The lowest BCUT2D eigenvalue weighted by atomic mass is 10.0. The van der Waals surface area contributed by atoms with Gasteiger partial charge in [0.15, 0.2) is 0 Å². The number of alkyl halides is 1. The third kappa shape index (κ3) is 5.62. The monoisotopic (exact) mass is 311 g/mol. The summed E-state index contributed by atoms with van der Waals surface area (Å²) in [5, 5.41) is 0.